The molecule has 0 radical (unpaired) electrons. The number of halogens is 1. The summed E-state index contributed by atoms with van der Waals surface area (Å²) in [5.74, 6) is 0. The molecule has 0 bridgehead atoms. The average Bonchev–Trinajstić information content (AvgIpc) is 2.94. The lowest BCUT2D eigenvalue weighted by Gasteiger charge is -2.16. The van der Waals surface area contributed by atoms with Crippen molar-refractivity contribution in [1.29, 1.82) is 0 Å². The number of hydrogen-bond acceptors (Lipinski definition) is 3. The van der Waals surface area contributed by atoms with Gasteiger partial charge >= 0.3 is 0 Å². The van der Waals surface area contributed by atoms with Gasteiger partial charge in [0.05, 0.1) is 11.1 Å². The van der Waals surface area contributed by atoms with Gasteiger partial charge in [-0.05, 0) is 53.2 Å². The van der Waals surface area contributed by atoms with Crippen molar-refractivity contribution in [3.63, 3.8) is 0 Å². The molecule has 1 N–H and O–H groups in total. The summed E-state index contributed by atoms with van der Waals surface area (Å²) >= 11 is 9.85. The van der Waals surface area contributed by atoms with Gasteiger partial charge in [0, 0.05) is 4.88 Å². The topological polar surface area (TPSA) is 12.0 Å². The van der Waals surface area contributed by atoms with Crippen LogP contribution in [0.2, 0.25) is 5.02 Å². The Balaban J connectivity index is 2.30. The second-order valence-electron chi connectivity index (χ2n) is 4.04. The van der Waals surface area contributed by atoms with Crippen molar-refractivity contribution in [1.82, 2.24) is 5.32 Å². The summed E-state index contributed by atoms with van der Waals surface area (Å²) in [7, 11) is 0. The van der Waals surface area contributed by atoms with E-state index in [4.69, 9.17) is 11.6 Å². The summed E-state index contributed by atoms with van der Waals surface area (Å²) in [6.45, 7) is 5.25. The van der Waals surface area contributed by atoms with Crippen LogP contribution >= 0.6 is 34.3 Å². The minimum Gasteiger partial charge on any atom is -0.306 e. The van der Waals surface area contributed by atoms with E-state index in [-0.39, 0.29) is 6.04 Å². The predicted octanol–water partition coefficient (Wildman–Crippen LogP) is 4.86. The Kier molecular flexibility index (Phi) is 4.62. The predicted molar refractivity (Wildman–Crippen MR) is 78.5 cm³/mol. The van der Waals surface area contributed by atoms with Crippen LogP contribution in [0.3, 0.4) is 0 Å². The van der Waals surface area contributed by atoms with Gasteiger partial charge in [-0.1, -0.05) is 18.5 Å². The van der Waals surface area contributed by atoms with Crippen molar-refractivity contribution < 1.29 is 0 Å². The summed E-state index contributed by atoms with van der Waals surface area (Å²) in [5, 5.41) is 10.9. The van der Waals surface area contributed by atoms with Gasteiger partial charge in [-0.3, -0.25) is 0 Å². The van der Waals surface area contributed by atoms with E-state index in [9.17, 15) is 0 Å². The van der Waals surface area contributed by atoms with Gasteiger partial charge in [-0.25, -0.2) is 0 Å². The third-order valence-corrected chi connectivity index (χ3v) is 5.14. The van der Waals surface area contributed by atoms with E-state index in [0.29, 0.717) is 0 Å². The standard InChI is InChI=1S/C13H16ClNS2/c1-3-5-15-12(10-4-6-16-8-10)13-11(14)9(2)7-17-13/h4,6-8,12,15H,3,5H2,1-2H3. The zero-order chi connectivity index (χ0) is 12.3. The maximum atomic E-state index is 6.37. The molecule has 2 heterocycles. The molecule has 2 aromatic rings. The minimum atomic E-state index is 0.243. The lowest BCUT2D eigenvalue weighted by atomic mass is 10.1. The monoisotopic (exact) mass is 285 g/mol. The molecule has 0 aliphatic heterocycles. The molecule has 0 fully saturated rings. The van der Waals surface area contributed by atoms with Gasteiger partial charge < -0.3 is 5.32 Å². The van der Waals surface area contributed by atoms with E-state index < -0.39 is 0 Å². The van der Waals surface area contributed by atoms with Gasteiger partial charge in [-0.2, -0.15) is 11.3 Å². The smallest absolute Gasteiger partial charge is 0.0694 e. The van der Waals surface area contributed by atoms with Crippen LogP contribution in [0.5, 0.6) is 0 Å². The molecule has 2 aromatic heterocycles. The first kappa shape index (κ1) is 13.1. The first-order valence-corrected chi connectivity index (χ1v) is 7.93. The molecule has 4 heteroatoms. The minimum absolute atomic E-state index is 0.243. The van der Waals surface area contributed by atoms with Crippen LogP contribution in [0.1, 0.15) is 35.4 Å². The Morgan fingerprint density at radius 3 is 2.76 bits per heavy atom. The number of hydrogen-bond donors (Lipinski definition) is 1. The molecule has 0 spiro atoms. The zero-order valence-electron chi connectivity index (χ0n) is 10.00. The van der Waals surface area contributed by atoms with E-state index in [0.717, 1.165) is 18.0 Å². The quantitative estimate of drug-likeness (QED) is 0.827. The average molecular weight is 286 g/mol. The fourth-order valence-corrected chi connectivity index (χ4v) is 3.82. The fraction of sp³-hybridized carbons (Fsp3) is 0.385. The highest BCUT2D eigenvalue weighted by molar-refractivity contribution is 7.11. The Hall–Kier alpha value is -0.350. The highest BCUT2D eigenvalue weighted by Crippen LogP contribution is 2.36. The molecule has 92 valence electrons. The first-order valence-electron chi connectivity index (χ1n) is 5.73. The highest BCUT2D eigenvalue weighted by Gasteiger charge is 2.19. The summed E-state index contributed by atoms with van der Waals surface area (Å²) < 4.78 is 0. The van der Waals surface area contributed by atoms with Crippen molar-refractivity contribution in [2.24, 2.45) is 0 Å². The van der Waals surface area contributed by atoms with Crippen LogP contribution in [-0.4, -0.2) is 6.54 Å². The molecular formula is C13H16ClNS2. The number of aryl methyl sites for hydroxylation is 1. The van der Waals surface area contributed by atoms with Crippen molar-refractivity contribution >= 4 is 34.3 Å². The second kappa shape index (κ2) is 6.01. The van der Waals surface area contributed by atoms with Gasteiger partial charge in [0.25, 0.3) is 0 Å². The number of thiophene rings is 2. The number of rotatable bonds is 5. The van der Waals surface area contributed by atoms with Gasteiger partial charge in [-0.15, -0.1) is 11.3 Å². The lowest BCUT2D eigenvalue weighted by Crippen LogP contribution is -2.22. The summed E-state index contributed by atoms with van der Waals surface area (Å²) in [5.41, 5.74) is 2.48. The second-order valence-corrected chi connectivity index (χ2v) is 6.11. The summed E-state index contributed by atoms with van der Waals surface area (Å²) in [4.78, 5) is 1.23. The molecule has 0 saturated carbocycles. The Labute approximate surface area is 115 Å². The molecule has 1 nitrogen and oxygen atoms in total. The fourth-order valence-electron chi connectivity index (χ4n) is 1.73. The molecule has 17 heavy (non-hydrogen) atoms. The third-order valence-electron chi connectivity index (χ3n) is 2.66. The molecule has 0 aliphatic carbocycles. The molecule has 2 rings (SSSR count). The molecule has 0 amide bonds. The van der Waals surface area contributed by atoms with Gasteiger partial charge in [0.2, 0.25) is 0 Å². The molecule has 0 saturated heterocycles. The van der Waals surface area contributed by atoms with E-state index in [2.05, 4.69) is 41.4 Å². The van der Waals surface area contributed by atoms with E-state index in [1.54, 1.807) is 22.7 Å². The highest BCUT2D eigenvalue weighted by atomic mass is 35.5. The Bertz CT molecular complexity index is 462. The molecular weight excluding hydrogens is 270 g/mol. The third kappa shape index (κ3) is 2.91. The van der Waals surface area contributed by atoms with Crippen LogP contribution in [0.15, 0.2) is 22.2 Å². The summed E-state index contributed by atoms with van der Waals surface area (Å²) in [6, 6.07) is 2.41. The van der Waals surface area contributed by atoms with Crippen LogP contribution in [0.4, 0.5) is 0 Å². The largest absolute Gasteiger partial charge is 0.306 e. The van der Waals surface area contributed by atoms with Crippen molar-refractivity contribution in [3.05, 3.63) is 43.2 Å². The van der Waals surface area contributed by atoms with Crippen LogP contribution < -0.4 is 5.32 Å². The van der Waals surface area contributed by atoms with E-state index >= 15 is 0 Å². The summed E-state index contributed by atoms with van der Waals surface area (Å²) in [6.07, 6.45) is 1.13. The SMILES string of the molecule is CCCNC(c1ccsc1)c1scc(C)c1Cl. The Morgan fingerprint density at radius 2 is 2.24 bits per heavy atom. The maximum absolute atomic E-state index is 6.37. The molecule has 0 aliphatic rings. The van der Waals surface area contributed by atoms with E-state index in [1.807, 2.05) is 0 Å². The molecule has 1 atom stereocenters. The normalized spacial score (nSPS) is 12.9. The first-order chi connectivity index (χ1) is 8.24. The van der Waals surface area contributed by atoms with Crippen LogP contribution in [-0.2, 0) is 0 Å². The van der Waals surface area contributed by atoms with Crippen molar-refractivity contribution in [2.45, 2.75) is 26.3 Å². The Morgan fingerprint density at radius 1 is 1.41 bits per heavy atom. The van der Waals surface area contributed by atoms with Gasteiger partial charge in [0.15, 0.2) is 0 Å². The van der Waals surface area contributed by atoms with Crippen LogP contribution in [0, 0.1) is 6.92 Å². The zero-order valence-corrected chi connectivity index (χ0v) is 12.4. The molecule has 0 aromatic carbocycles. The molecule has 1 unspecified atom stereocenters. The maximum Gasteiger partial charge on any atom is 0.0694 e. The lowest BCUT2D eigenvalue weighted by molar-refractivity contribution is 0.607. The number of nitrogens with one attached hydrogen (secondary N) is 1. The van der Waals surface area contributed by atoms with Crippen LogP contribution in [0.25, 0.3) is 0 Å². The van der Waals surface area contributed by atoms with E-state index in [1.165, 1.54) is 16.0 Å². The van der Waals surface area contributed by atoms with Crippen molar-refractivity contribution in [2.75, 3.05) is 6.54 Å². The van der Waals surface area contributed by atoms with Crippen molar-refractivity contribution in [3.8, 4) is 0 Å². The van der Waals surface area contributed by atoms with Gasteiger partial charge in [0.1, 0.15) is 0 Å².